The number of amides is 1. The first-order valence-electron chi connectivity index (χ1n) is 8.72. The van der Waals surface area contributed by atoms with Gasteiger partial charge in [0.15, 0.2) is 0 Å². The molecule has 25 heavy (non-hydrogen) atoms. The standard InChI is InChI=1S/C19H22FN3OS/c1-22-18(11-17(21-22)12-3-5-13(20)6-4-12)19(24)23-14-7-8-15(23)10-16(9-14)25-2/h3-6,11,14-16H,7-10H2,1-2H3. The maximum absolute atomic E-state index is 13.2. The molecule has 2 aliphatic heterocycles. The van der Waals surface area contributed by atoms with Crippen molar-refractivity contribution in [3.8, 4) is 11.3 Å². The lowest BCUT2D eigenvalue weighted by Crippen LogP contribution is -2.47. The Labute approximate surface area is 151 Å². The number of fused-ring (bicyclic) bond motifs is 2. The molecule has 0 N–H and O–H groups in total. The minimum absolute atomic E-state index is 0.0791. The Hall–Kier alpha value is -1.82. The molecule has 2 fully saturated rings. The number of carbonyl (C=O) groups excluding carboxylic acids is 1. The zero-order chi connectivity index (χ0) is 17.6. The summed E-state index contributed by atoms with van der Waals surface area (Å²) < 4.78 is 14.8. The van der Waals surface area contributed by atoms with Gasteiger partial charge in [-0.25, -0.2) is 4.39 Å². The first-order chi connectivity index (χ1) is 12.1. The summed E-state index contributed by atoms with van der Waals surface area (Å²) in [5, 5.41) is 5.14. The molecule has 0 radical (unpaired) electrons. The molecule has 6 heteroatoms. The summed E-state index contributed by atoms with van der Waals surface area (Å²) in [6, 6.07) is 8.76. The van der Waals surface area contributed by atoms with E-state index in [4.69, 9.17) is 0 Å². The topological polar surface area (TPSA) is 38.1 Å². The number of piperidine rings is 1. The van der Waals surface area contributed by atoms with Crippen molar-refractivity contribution in [3.05, 3.63) is 41.8 Å². The molecule has 4 rings (SSSR count). The first kappa shape index (κ1) is 16.6. The quantitative estimate of drug-likeness (QED) is 0.838. The number of nitrogens with zero attached hydrogens (tertiary/aromatic N) is 3. The fourth-order valence-corrected chi connectivity index (χ4v) is 5.04. The van der Waals surface area contributed by atoms with Crippen LogP contribution in [0, 0.1) is 5.82 Å². The van der Waals surface area contributed by atoms with Crippen LogP contribution in [0.5, 0.6) is 0 Å². The second kappa shape index (κ2) is 6.48. The second-order valence-corrected chi connectivity index (χ2v) is 8.11. The van der Waals surface area contributed by atoms with E-state index in [9.17, 15) is 9.18 Å². The summed E-state index contributed by atoms with van der Waals surface area (Å²) in [7, 11) is 1.80. The van der Waals surface area contributed by atoms with E-state index in [1.807, 2.05) is 17.8 Å². The van der Waals surface area contributed by atoms with Gasteiger partial charge in [0.1, 0.15) is 11.5 Å². The average molecular weight is 359 g/mol. The van der Waals surface area contributed by atoms with Crippen LogP contribution in [0.1, 0.15) is 36.2 Å². The molecule has 4 nitrogen and oxygen atoms in total. The van der Waals surface area contributed by atoms with Gasteiger partial charge >= 0.3 is 0 Å². The van der Waals surface area contributed by atoms with Crippen molar-refractivity contribution < 1.29 is 9.18 Å². The predicted molar refractivity (Wildman–Crippen MR) is 98.1 cm³/mol. The summed E-state index contributed by atoms with van der Waals surface area (Å²) in [5.41, 5.74) is 2.14. The van der Waals surface area contributed by atoms with Gasteiger partial charge in [0.2, 0.25) is 0 Å². The molecule has 3 heterocycles. The van der Waals surface area contributed by atoms with Crippen molar-refractivity contribution in [1.29, 1.82) is 0 Å². The van der Waals surface area contributed by atoms with Gasteiger partial charge < -0.3 is 4.90 Å². The number of hydrogen-bond acceptors (Lipinski definition) is 3. The van der Waals surface area contributed by atoms with Crippen molar-refractivity contribution >= 4 is 17.7 Å². The molecule has 1 aromatic heterocycles. The highest BCUT2D eigenvalue weighted by molar-refractivity contribution is 7.99. The number of halogens is 1. The Morgan fingerprint density at radius 2 is 1.84 bits per heavy atom. The fourth-order valence-electron chi connectivity index (χ4n) is 4.21. The van der Waals surface area contributed by atoms with E-state index >= 15 is 0 Å². The largest absolute Gasteiger partial charge is 0.331 e. The van der Waals surface area contributed by atoms with Crippen LogP contribution in [0.25, 0.3) is 11.3 Å². The number of aryl methyl sites for hydroxylation is 1. The highest BCUT2D eigenvalue weighted by atomic mass is 32.2. The third-order valence-electron chi connectivity index (χ3n) is 5.50. The predicted octanol–water partition coefficient (Wildman–Crippen LogP) is 3.72. The van der Waals surface area contributed by atoms with Crippen LogP contribution < -0.4 is 0 Å². The Morgan fingerprint density at radius 1 is 1.20 bits per heavy atom. The zero-order valence-electron chi connectivity index (χ0n) is 14.5. The van der Waals surface area contributed by atoms with Gasteiger partial charge in [-0.2, -0.15) is 16.9 Å². The van der Waals surface area contributed by atoms with Gasteiger partial charge in [0.05, 0.1) is 5.69 Å². The molecular formula is C19H22FN3OS. The number of rotatable bonds is 3. The van der Waals surface area contributed by atoms with E-state index in [1.165, 1.54) is 12.1 Å². The van der Waals surface area contributed by atoms with Crippen LogP contribution in [0.3, 0.4) is 0 Å². The lowest BCUT2D eigenvalue weighted by Gasteiger charge is -2.38. The number of carbonyl (C=O) groups is 1. The van der Waals surface area contributed by atoms with Crippen LogP contribution in [-0.4, -0.2) is 44.2 Å². The highest BCUT2D eigenvalue weighted by Gasteiger charge is 2.43. The van der Waals surface area contributed by atoms with Crippen LogP contribution >= 0.6 is 11.8 Å². The Morgan fingerprint density at radius 3 is 2.44 bits per heavy atom. The molecule has 2 saturated heterocycles. The summed E-state index contributed by atoms with van der Waals surface area (Å²) >= 11 is 1.92. The van der Waals surface area contributed by atoms with Gasteiger partial charge in [0.25, 0.3) is 5.91 Å². The molecule has 2 atom stereocenters. The maximum atomic E-state index is 13.2. The summed E-state index contributed by atoms with van der Waals surface area (Å²) in [6.45, 7) is 0. The van der Waals surface area contributed by atoms with Crippen LogP contribution in [-0.2, 0) is 7.05 Å². The van der Waals surface area contributed by atoms with E-state index in [-0.39, 0.29) is 11.7 Å². The third kappa shape index (κ3) is 2.97. The molecule has 0 aliphatic carbocycles. The number of thioether (sulfide) groups is 1. The summed E-state index contributed by atoms with van der Waals surface area (Å²) in [6.07, 6.45) is 6.56. The first-order valence-corrected chi connectivity index (χ1v) is 10.0. The van der Waals surface area contributed by atoms with Gasteiger partial charge in [-0.05, 0) is 62.3 Å². The van der Waals surface area contributed by atoms with Crippen molar-refractivity contribution in [2.45, 2.75) is 43.0 Å². The van der Waals surface area contributed by atoms with Crippen molar-refractivity contribution in [2.24, 2.45) is 7.05 Å². The monoisotopic (exact) mass is 359 g/mol. The van der Waals surface area contributed by atoms with E-state index in [2.05, 4.69) is 16.3 Å². The van der Waals surface area contributed by atoms with E-state index in [0.29, 0.717) is 28.7 Å². The summed E-state index contributed by atoms with van der Waals surface area (Å²) in [4.78, 5) is 15.3. The van der Waals surface area contributed by atoms with Gasteiger partial charge in [-0.15, -0.1) is 0 Å². The molecule has 2 unspecified atom stereocenters. The SMILES string of the molecule is CSC1CC2CCC(C1)N2C(=O)c1cc(-c2ccc(F)cc2)nn1C. The Kier molecular flexibility index (Phi) is 4.31. The Bertz CT molecular complexity index is 774. The second-order valence-electron chi connectivity index (χ2n) is 6.97. The molecular weight excluding hydrogens is 337 g/mol. The molecule has 1 aromatic carbocycles. The van der Waals surface area contributed by atoms with Crippen LogP contribution in [0.15, 0.2) is 30.3 Å². The average Bonchev–Trinajstić information content (AvgIpc) is 3.12. The molecule has 132 valence electrons. The smallest absolute Gasteiger partial charge is 0.272 e. The zero-order valence-corrected chi connectivity index (χ0v) is 15.3. The lowest BCUT2D eigenvalue weighted by atomic mass is 10.0. The van der Waals surface area contributed by atoms with Crippen molar-refractivity contribution in [1.82, 2.24) is 14.7 Å². The van der Waals surface area contributed by atoms with E-state index in [1.54, 1.807) is 23.9 Å². The van der Waals surface area contributed by atoms with E-state index in [0.717, 1.165) is 31.2 Å². The van der Waals surface area contributed by atoms with Crippen molar-refractivity contribution in [2.75, 3.05) is 6.26 Å². The molecule has 0 spiro atoms. The minimum atomic E-state index is -0.274. The minimum Gasteiger partial charge on any atom is -0.331 e. The van der Waals surface area contributed by atoms with Gasteiger partial charge in [-0.1, -0.05) is 0 Å². The van der Waals surface area contributed by atoms with Crippen LogP contribution in [0.4, 0.5) is 4.39 Å². The number of hydrogen-bond donors (Lipinski definition) is 0. The molecule has 2 aliphatic rings. The molecule has 0 saturated carbocycles. The lowest BCUT2D eigenvalue weighted by molar-refractivity contribution is 0.0590. The molecule has 2 aromatic rings. The van der Waals surface area contributed by atoms with Crippen LogP contribution in [0.2, 0.25) is 0 Å². The molecule has 1 amide bonds. The fraction of sp³-hybridized carbons (Fsp3) is 0.474. The van der Waals surface area contributed by atoms with Gasteiger partial charge in [0, 0.05) is 29.9 Å². The maximum Gasteiger partial charge on any atom is 0.272 e. The van der Waals surface area contributed by atoms with Crippen molar-refractivity contribution in [3.63, 3.8) is 0 Å². The Balaban J connectivity index is 1.60. The van der Waals surface area contributed by atoms with E-state index < -0.39 is 0 Å². The summed E-state index contributed by atoms with van der Waals surface area (Å²) in [5.74, 6) is -0.195. The number of benzene rings is 1. The van der Waals surface area contributed by atoms with Gasteiger partial charge in [-0.3, -0.25) is 9.48 Å². The normalized spacial score (nSPS) is 25.4. The third-order valence-corrected chi connectivity index (χ3v) is 6.55. The highest BCUT2D eigenvalue weighted by Crippen LogP contribution is 2.40. The number of aromatic nitrogens is 2. The molecule has 2 bridgehead atoms.